The van der Waals surface area contributed by atoms with Gasteiger partial charge < -0.3 is 15.0 Å². The number of nitrogens with one attached hydrogen (secondary N) is 2. The van der Waals surface area contributed by atoms with Crippen molar-refractivity contribution in [3.63, 3.8) is 0 Å². The van der Waals surface area contributed by atoms with Crippen molar-refractivity contribution in [2.24, 2.45) is 0 Å². The molecule has 6 nitrogen and oxygen atoms in total. The Kier molecular flexibility index (Phi) is 5.93. The van der Waals surface area contributed by atoms with E-state index in [1.54, 1.807) is 24.3 Å². The van der Waals surface area contributed by atoms with Gasteiger partial charge in [0.15, 0.2) is 5.78 Å². The summed E-state index contributed by atoms with van der Waals surface area (Å²) in [7, 11) is 0. The van der Waals surface area contributed by atoms with Crippen molar-refractivity contribution in [3.8, 4) is 0 Å². The maximum absolute atomic E-state index is 13.0. The lowest BCUT2D eigenvalue weighted by Gasteiger charge is -2.19. The number of ketones is 1. The first-order valence-corrected chi connectivity index (χ1v) is 9.18. The Morgan fingerprint density at radius 2 is 1.72 bits per heavy atom. The van der Waals surface area contributed by atoms with Crippen LogP contribution in [-0.4, -0.2) is 22.6 Å². The van der Waals surface area contributed by atoms with E-state index in [2.05, 4.69) is 10.3 Å². The van der Waals surface area contributed by atoms with Gasteiger partial charge in [-0.2, -0.15) is 0 Å². The summed E-state index contributed by atoms with van der Waals surface area (Å²) in [6.45, 7) is 5.23. The van der Waals surface area contributed by atoms with Crippen molar-refractivity contribution in [2.75, 3.05) is 5.32 Å². The molecule has 3 aromatic rings. The lowest BCUT2D eigenvalue weighted by molar-refractivity contribution is -0.125. The van der Waals surface area contributed by atoms with Crippen molar-refractivity contribution in [1.29, 1.82) is 0 Å². The van der Waals surface area contributed by atoms with Crippen LogP contribution < -0.4 is 5.32 Å². The summed E-state index contributed by atoms with van der Waals surface area (Å²) in [5, 5.41) is 2.85. The van der Waals surface area contributed by atoms with E-state index >= 15 is 0 Å². The Morgan fingerprint density at radius 1 is 1.00 bits per heavy atom. The summed E-state index contributed by atoms with van der Waals surface area (Å²) in [5.41, 5.74) is 3.58. The third-order valence-corrected chi connectivity index (χ3v) is 4.53. The third kappa shape index (κ3) is 4.79. The second kappa shape index (κ2) is 8.56. The van der Waals surface area contributed by atoms with E-state index in [9.17, 15) is 14.4 Å². The van der Waals surface area contributed by atoms with Gasteiger partial charge in [0.25, 0.3) is 5.91 Å². The molecule has 0 aliphatic rings. The second-order valence-corrected chi connectivity index (χ2v) is 6.86. The molecule has 0 saturated heterocycles. The molecule has 0 unspecified atom stereocenters. The number of hydrogen-bond donors (Lipinski definition) is 2. The summed E-state index contributed by atoms with van der Waals surface area (Å²) in [6, 6.07) is 15.9. The molecule has 6 heteroatoms. The number of Topliss-reactive ketones (excluding diaryl/α,β-unsaturated/α-hetero) is 1. The number of aromatic nitrogens is 1. The average molecular weight is 390 g/mol. The molecule has 2 N–H and O–H groups in total. The highest BCUT2D eigenvalue weighted by molar-refractivity contribution is 6.00. The first-order valence-electron chi connectivity index (χ1n) is 9.18. The van der Waals surface area contributed by atoms with Gasteiger partial charge in [0.05, 0.1) is 0 Å². The molecule has 1 aromatic heterocycles. The van der Waals surface area contributed by atoms with Crippen molar-refractivity contribution in [3.05, 3.63) is 88.7 Å². The number of aryl methyl sites for hydroxylation is 2. The molecule has 2 aromatic carbocycles. The van der Waals surface area contributed by atoms with E-state index < -0.39 is 18.0 Å². The Bertz CT molecular complexity index is 1050. The van der Waals surface area contributed by atoms with Gasteiger partial charge in [0, 0.05) is 23.0 Å². The summed E-state index contributed by atoms with van der Waals surface area (Å²) in [4.78, 5) is 39.8. The lowest BCUT2D eigenvalue weighted by atomic mass is 10.1. The minimum absolute atomic E-state index is 0.107. The summed E-state index contributed by atoms with van der Waals surface area (Å²) in [6.07, 6.45) is 0.291. The van der Waals surface area contributed by atoms with Gasteiger partial charge in [0.1, 0.15) is 5.69 Å². The number of amides is 1. The number of carbonyl (C=O) groups is 3. The van der Waals surface area contributed by atoms with E-state index in [0.717, 1.165) is 11.1 Å². The number of benzene rings is 2. The minimum atomic E-state index is -1.15. The Balaban J connectivity index is 1.86. The van der Waals surface area contributed by atoms with Crippen LogP contribution in [0.25, 0.3) is 0 Å². The van der Waals surface area contributed by atoms with Gasteiger partial charge in [-0.1, -0.05) is 42.5 Å². The third-order valence-electron chi connectivity index (χ3n) is 4.53. The maximum Gasteiger partial charge on any atom is 0.355 e. The van der Waals surface area contributed by atoms with Gasteiger partial charge in [-0.25, -0.2) is 4.79 Å². The zero-order chi connectivity index (χ0) is 21.0. The van der Waals surface area contributed by atoms with E-state index in [0.29, 0.717) is 16.8 Å². The normalized spacial score (nSPS) is 11.6. The monoisotopic (exact) mass is 390 g/mol. The van der Waals surface area contributed by atoms with Crippen LogP contribution in [0.1, 0.15) is 50.6 Å². The maximum atomic E-state index is 13.0. The molecule has 0 spiro atoms. The van der Waals surface area contributed by atoms with Gasteiger partial charge in [-0.05, 0) is 44.0 Å². The molecule has 3 rings (SSSR count). The topological polar surface area (TPSA) is 88.3 Å². The first kappa shape index (κ1) is 20.1. The van der Waals surface area contributed by atoms with Crippen LogP contribution in [0.2, 0.25) is 0 Å². The molecule has 0 bridgehead atoms. The Morgan fingerprint density at radius 3 is 2.38 bits per heavy atom. The highest BCUT2D eigenvalue weighted by atomic mass is 16.5. The fourth-order valence-corrected chi connectivity index (χ4v) is 2.86. The molecule has 0 radical (unpaired) electrons. The number of ether oxygens (including phenoxy) is 1. The highest BCUT2D eigenvalue weighted by Gasteiger charge is 2.27. The Hall–Kier alpha value is -3.67. The van der Waals surface area contributed by atoms with Crippen molar-refractivity contribution < 1.29 is 19.1 Å². The zero-order valence-corrected chi connectivity index (χ0v) is 16.5. The van der Waals surface area contributed by atoms with Crippen molar-refractivity contribution in [2.45, 2.75) is 26.9 Å². The van der Waals surface area contributed by atoms with E-state index in [1.807, 2.05) is 38.1 Å². The summed E-state index contributed by atoms with van der Waals surface area (Å²) < 4.78 is 5.53. The van der Waals surface area contributed by atoms with Crippen LogP contribution in [0.5, 0.6) is 0 Å². The number of carbonyl (C=O) groups excluding carboxylic acids is 3. The number of rotatable bonds is 6. The number of aromatic amines is 1. The fourth-order valence-electron chi connectivity index (χ4n) is 2.86. The van der Waals surface area contributed by atoms with Crippen molar-refractivity contribution >= 4 is 23.3 Å². The summed E-state index contributed by atoms with van der Waals surface area (Å²) >= 11 is 0. The van der Waals surface area contributed by atoms with Gasteiger partial charge >= 0.3 is 5.97 Å². The molecule has 0 saturated carbocycles. The fraction of sp³-hybridized carbons (Fsp3) is 0.174. The highest BCUT2D eigenvalue weighted by Crippen LogP contribution is 2.24. The first-order chi connectivity index (χ1) is 13.8. The van der Waals surface area contributed by atoms with E-state index in [-0.39, 0.29) is 11.5 Å². The van der Waals surface area contributed by atoms with Gasteiger partial charge in [-0.15, -0.1) is 0 Å². The summed E-state index contributed by atoms with van der Waals surface area (Å²) in [5.74, 6) is -1.35. The number of H-pyrrole nitrogens is 1. The van der Waals surface area contributed by atoms with E-state index in [4.69, 9.17) is 4.74 Å². The molecule has 0 aliphatic carbocycles. The number of hydrogen-bond acceptors (Lipinski definition) is 4. The smallest absolute Gasteiger partial charge is 0.355 e. The van der Waals surface area contributed by atoms with Crippen LogP contribution in [0, 0.1) is 13.8 Å². The molecular formula is C23H22N2O4. The van der Waals surface area contributed by atoms with Crippen LogP contribution >= 0.6 is 0 Å². The van der Waals surface area contributed by atoms with Gasteiger partial charge in [0.2, 0.25) is 6.10 Å². The standard InChI is InChI=1S/C23H22N2O4/c1-14-9-10-15(2)19(11-14)25-22(27)21(17-7-5-4-6-8-17)29-23(28)20-12-18(13-24-20)16(3)26/h4-13,21,24H,1-3H3,(H,25,27)/t21-/m0/s1. The molecule has 1 amide bonds. The van der Waals surface area contributed by atoms with Crippen LogP contribution in [-0.2, 0) is 9.53 Å². The molecular weight excluding hydrogens is 368 g/mol. The molecule has 0 fully saturated rings. The van der Waals surface area contributed by atoms with Crippen molar-refractivity contribution in [1.82, 2.24) is 4.98 Å². The largest absolute Gasteiger partial charge is 0.443 e. The minimum Gasteiger partial charge on any atom is -0.443 e. The van der Waals surface area contributed by atoms with Crippen LogP contribution in [0.15, 0.2) is 60.8 Å². The predicted molar refractivity (Wildman–Crippen MR) is 110 cm³/mol. The van der Waals surface area contributed by atoms with Gasteiger partial charge in [-0.3, -0.25) is 9.59 Å². The SMILES string of the molecule is CC(=O)c1c[nH]c(C(=O)O[C@H](C(=O)Nc2cc(C)ccc2C)c2ccccc2)c1. The lowest BCUT2D eigenvalue weighted by Crippen LogP contribution is -2.26. The molecule has 1 heterocycles. The quantitative estimate of drug-likeness (QED) is 0.483. The zero-order valence-electron chi connectivity index (χ0n) is 16.5. The number of esters is 1. The van der Waals surface area contributed by atoms with Crippen LogP contribution in [0.4, 0.5) is 5.69 Å². The second-order valence-electron chi connectivity index (χ2n) is 6.86. The number of anilines is 1. The molecule has 148 valence electrons. The molecule has 1 atom stereocenters. The van der Waals surface area contributed by atoms with E-state index in [1.165, 1.54) is 19.2 Å². The molecule has 29 heavy (non-hydrogen) atoms. The Labute approximate surface area is 168 Å². The average Bonchev–Trinajstić information content (AvgIpc) is 3.20. The predicted octanol–water partition coefficient (Wildman–Crippen LogP) is 4.37. The molecule has 0 aliphatic heterocycles. The van der Waals surface area contributed by atoms with Crippen LogP contribution in [0.3, 0.4) is 0 Å².